The van der Waals surface area contributed by atoms with E-state index in [1.165, 1.54) is 0 Å². The van der Waals surface area contributed by atoms with Crippen molar-refractivity contribution >= 4 is 11.6 Å². The molecule has 4 aliphatic carbocycles. The highest BCUT2D eigenvalue weighted by Gasteiger charge is 2.69. The molecule has 6 nitrogen and oxygen atoms in total. The third-order valence-corrected chi connectivity index (χ3v) is 9.10. The number of carbonyl (C=O) groups is 2. The van der Waals surface area contributed by atoms with Crippen LogP contribution in [-0.2, 0) is 14.3 Å². The van der Waals surface area contributed by atoms with Crippen LogP contribution in [0.5, 0.6) is 0 Å². The molecule has 4 rings (SSSR count). The number of ketones is 2. The predicted octanol–water partition coefficient (Wildman–Crippen LogP) is 2.56. The van der Waals surface area contributed by atoms with Gasteiger partial charge in [-0.25, -0.2) is 0 Å². The fraction of sp³-hybridized carbons (Fsp3) is 0.760. The summed E-state index contributed by atoms with van der Waals surface area (Å²) in [5, 5.41) is 31.8. The Labute approximate surface area is 184 Å². The summed E-state index contributed by atoms with van der Waals surface area (Å²) in [5.41, 5.74) is -1.28. The normalized spacial score (nSPS) is 45.0. The van der Waals surface area contributed by atoms with Crippen molar-refractivity contribution < 1.29 is 29.6 Å². The number of aliphatic hydroxyl groups excluding tert-OH is 3. The first-order valence-corrected chi connectivity index (χ1v) is 11.6. The van der Waals surface area contributed by atoms with Crippen LogP contribution in [0.2, 0.25) is 0 Å². The van der Waals surface area contributed by atoms with Crippen LogP contribution in [0.3, 0.4) is 0 Å². The molecule has 3 fully saturated rings. The van der Waals surface area contributed by atoms with Crippen molar-refractivity contribution in [2.24, 2.45) is 34.5 Å². The molecule has 3 N–H and O–H groups in total. The average Bonchev–Trinajstić information content (AvgIpc) is 3.00. The summed E-state index contributed by atoms with van der Waals surface area (Å²) in [6.07, 6.45) is 6.70. The molecule has 6 heteroatoms. The van der Waals surface area contributed by atoms with Gasteiger partial charge in [-0.3, -0.25) is 9.59 Å². The Morgan fingerprint density at radius 2 is 2.00 bits per heavy atom. The highest BCUT2D eigenvalue weighted by Crippen LogP contribution is 2.68. The molecular formula is C25H36O6. The molecule has 4 aliphatic rings. The van der Waals surface area contributed by atoms with E-state index in [0.29, 0.717) is 12.8 Å². The number of rotatable bonds is 5. The van der Waals surface area contributed by atoms with Gasteiger partial charge in [0.1, 0.15) is 12.2 Å². The molecule has 0 bridgehead atoms. The van der Waals surface area contributed by atoms with E-state index in [1.54, 1.807) is 12.2 Å². The lowest BCUT2D eigenvalue weighted by Crippen LogP contribution is -2.63. The van der Waals surface area contributed by atoms with Crippen molar-refractivity contribution in [1.82, 2.24) is 0 Å². The van der Waals surface area contributed by atoms with Crippen LogP contribution in [0, 0.1) is 34.5 Å². The zero-order valence-corrected chi connectivity index (χ0v) is 19.0. The van der Waals surface area contributed by atoms with Crippen LogP contribution >= 0.6 is 0 Å². The molecule has 3 saturated carbocycles. The highest BCUT2D eigenvalue weighted by molar-refractivity contribution is 6.01. The third kappa shape index (κ3) is 3.13. The molecule has 0 saturated heterocycles. The van der Waals surface area contributed by atoms with Crippen LogP contribution in [0.15, 0.2) is 23.8 Å². The summed E-state index contributed by atoms with van der Waals surface area (Å²) < 4.78 is 6.12. The topological polar surface area (TPSA) is 104 Å². The number of hydrogen-bond acceptors (Lipinski definition) is 6. The minimum atomic E-state index is -1.31. The molecule has 0 radical (unpaired) electrons. The quantitative estimate of drug-likeness (QED) is 0.577. The second kappa shape index (κ2) is 7.62. The number of fused-ring (bicyclic) bond motifs is 5. The van der Waals surface area contributed by atoms with Gasteiger partial charge in [-0.05, 0) is 56.1 Å². The summed E-state index contributed by atoms with van der Waals surface area (Å²) in [6.45, 7) is 7.12. The van der Waals surface area contributed by atoms with Gasteiger partial charge in [-0.15, -0.1) is 0 Å². The van der Waals surface area contributed by atoms with E-state index in [0.717, 1.165) is 24.8 Å². The fourth-order valence-corrected chi connectivity index (χ4v) is 7.50. The van der Waals surface area contributed by atoms with Crippen molar-refractivity contribution in [1.29, 1.82) is 0 Å². The number of ether oxygens (including phenoxy) is 1. The Kier molecular flexibility index (Phi) is 5.61. The van der Waals surface area contributed by atoms with Gasteiger partial charge < -0.3 is 20.1 Å². The van der Waals surface area contributed by atoms with Gasteiger partial charge in [-0.1, -0.05) is 39.3 Å². The molecular weight excluding hydrogens is 396 g/mol. The lowest BCUT2D eigenvalue weighted by atomic mass is 9.46. The smallest absolute Gasteiger partial charge is 0.190 e. The van der Waals surface area contributed by atoms with Gasteiger partial charge in [0.05, 0.1) is 6.10 Å². The maximum absolute atomic E-state index is 13.1. The molecule has 0 heterocycles. The van der Waals surface area contributed by atoms with Crippen LogP contribution in [0.25, 0.3) is 0 Å². The van der Waals surface area contributed by atoms with E-state index in [9.17, 15) is 24.9 Å². The molecule has 0 spiro atoms. The van der Waals surface area contributed by atoms with Crippen molar-refractivity contribution in [3.05, 3.63) is 23.8 Å². The number of carbonyl (C=O) groups excluding carboxylic acids is 2. The second-order valence-electron chi connectivity index (χ2n) is 10.9. The molecule has 0 aromatic heterocycles. The minimum absolute atomic E-state index is 0.00515. The maximum Gasteiger partial charge on any atom is 0.190 e. The Bertz CT molecular complexity index is 830. The van der Waals surface area contributed by atoms with E-state index in [1.807, 2.05) is 26.8 Å². The monoisotopic (exact) mass is 432 g/mol. The van der Waals surface area contributed by atoms with Gasteiger partial charge >= 0.3 is 0 Å². The average molecular weight is 433 g/mol. The van der Waals surface area contributed by atoms with E-state index in [2.05, 4.69) is 6.92 Å². The molecule has 0 aliphatic heterocycles. The standard InChI is InChI=1S/C25H36O6/c1-14(2)22(30)31-25(20(29)13-26)10-8-18-17-6-5-15-11-16(27)7-9-23(15,3)21(17)19(28)12-24(18,25)4/h7,9,11,14,17-19,21-22,26,28,30H,5-6,8,10,12-13H2,1-4H3/t17-,18?,19-,21?,22+,23-,24-,25-/m0/s1. The highest BCUT2D eigenvalue weighted by atomic mass is 16.6. The summed E-state index contributed by atoms with van der Waals surface area (Å²) in [4.78, 5) is 25.1. The Balaban J connectivity index is 1.74. The van der Waals surface area contributed by atoms with E-state index >= 15 is 0 Å². The first-order chi connectivity index (χ1) is 14.5. The largest absolute Gasteiger partial charge is 0.393 e. The van der Waals surface area contributed by atoms with Gasteiger partial charge in [0, 0.05) is 22.7 Å². The summed E-state index contributed by atoms with van der Waals surface area (Å²) in [5.74, 6) is -0.343. The number of aliphatic hydroxyl groups is 3. The summed E-state index contributed by atoms with van der Waals surface area (Å²) in [7, 11) is 0. The van der Waals surface area contributed by atoms with Crippen molar-refractivity contribution in [3.8, 4) is 0 Å². The van der Waals surface area contributed by atoms with Crippen molar-refractivity contribution in [2.45, 2.75) is 77.8 Å². The van der Waals surface area contributed by atoms with Crippen LogP contribution in [-0.4, -0.2) is 51.5 Å². The lowest BCUT2D eigenvalue weighted by molar-refractivity contribution is -0.250. The zero-order chi connectivity index (χ0) is 22.8. The minimum Gasteiger partial charge on any atom is -0.393 e. The Hall–Kier alpha value is -1.34. The predicted molar refractivity (Wildman–Crippen MR) is 115 cm³/mol. The first kappa shape index (κ1) is 22.8. The number of allylic oxidation sites excluding steroid dienone is 4. The van der Waals surface area contributed by atoms with Crippen molar-refractivity contribution in [2.75, 3.05) is 6.61 Å². The molecule has 8 atom stereocenters. The van der Waals surface area contributed by atoms with Gasteiger partial charge in [0.25, 0.3) is 0 Å². The molecule has 0 amide bonds. The zero-order valence-electron chi connectivity index (χ0n) is 19.0. The van der Waals surface area contributed by atoms with Crippen LogP contribution < -0.4 is 0 Å². The fourth-order valence-electron chi connectivity index (χ4n) is 7.50. The first-order valence-electron chi connectivity index (χ1n) is 11.6. The van der Waals surface area contributed by atoms with Crippen LogP contribution in [0.4, 0.5) is 0 Å². The van der Waals surface area contributed by atoms with Crippen LogP contribution in [0.1, 0.15) is 59.8 Å². The van der Waals surface area contributed by atoms with Gasteiger partial charge in [0.15, 0.2) is 17.9 Å². The van der Waals surface area contributed by atoms with Crippen molar-refractivity contribution in [3.63, 3.8) is 0 Å². The SMILES string of the molecule is CC(C)[C@H](O)O[C@]1(C(=O)CO)CCC2[C@@H]3CCC4=CC(=O)C=C[C@]4(C)C3[C@@H](O)C[C@@]21C. The molecule has 0 aromatic carbocycles. The van der Waals surface area contributed by atoms with Gasteiger partial charge in [0.2, 0.25) is 0 Å². The maximum atomic E-state index is 13.1. The van der Waals surface area contributed by atoms with E-state index < -0.39 is 35.8 Å². The number of Topliss-reactive ketones (excluding diaryl/α,β-unsaturated/α-hetero) is 1. The number of hydrogen-bond donors (Lipinski definition) is 3. The van der Waals surface area contributed by atoms with E-state index in [-0.39, 0.29) is 34.9 Å². The third-order valence-electron chi connectivity index (χ3n) is 9.10. The molecule has 0 aromatic rings. The second-order valence-corrected chi connectivity index (χ2v) is 10.9. The Morgan fingerprint density at radius 3 is 2.65 bits per heavy atom. The molecule has 172 valence electrons. The summed E-state index contributed by atoms with van der Waals surface area (Å²) >= 11 is 0. The Morgan fingerprint density at radius 1 is 1.29 bits per heavy atom. The molecule has 2 unspecified atom stereocenters. The lowest BCUT2D eigenvalue weighted by Gasteiger charge is -2.60. The summed E-state index contributed by atoms with van der Waals surface area (Å²) in [6, 6.07) is 0. The molecule has 31 heavy (non-hydrogen) atoms. The van der Waals surface area contributed by atoms with E-state index in [4.69, 9.17) is 4.74 Å². The van der Waals surface area contributed by atoms with Gasteiger partial charge in [-0.2, -0.15) is 0 Å².